The normalized spacial score (nSPS) is 15.8. The van der Waals surface area contributed by atoms with Gasteiger partial charge in [0.25, 0.3) is 10.4 Å². The van der Waals surface area contributed by atoms with Crippen LogP contribution in [0, 0.1) is 11.8 Å². The monoisotopic (exact) mass is 1490 g/mol. The molecule has 0 saturated carbocycles. The molecule has 40 heteroatoms. The van der Waals surface area contributed by atoms with Gasteiger partial charge in [0.05, 0.1) is 12.5 Å². The van der Waals surface area contributed by atoms with Crippen LogP contribution in [0.4, 0.5) is 0 Å². The molecule has 0 aromatic heterocycles. The summed E-state index contributed by atoms with van der Waals surface area (Å²) in [6.45, 7) is 6.17. The van der Waals surface area contributed by atoms with Crippen molar-refractivity contribution < 1.29 is 129 Å². The predicted octanol–water partition coefficient (Wildman–Crippen LogP) is -3.63. The van der Waals surface area contributed by atoms with Gasteiger partial charge in [-0.25, -0.2) is 13.2 Å². The molecule has 104 heavy (non-hydrogen) atoms. The summed E-state index contributed by atoms with van der Waals surface area (Å²) in [7, 11) is -5.28. The number of hydrogen-bond acceptors (Lipinski definition) is 22. The number of nitrogens with zero attached hydrogens (tertiary/aromatic N) is 1. The van der Waals surface area contributed by atoms with Gasteiger partial charge in [-0.15, -0.1) is 0 Å². The first-order chi connectivity index (χ1) is 48.7. The van der Waals surface area contributed by atoms with E-state index >= 15 is 0 Å². The molecule has 0 unspecified atom stereocenters. The fraction of sp³-hybridized carbons (Fsp3) is 0.547. The number of amides is 11. The van der Waals surface area contributed by atoms with E-state index in [0.717, 1.165) is 29.2 Å². The predicted molar refractivity (Wildman–Crippen MR) is 355 cm³/mol. The van der Waals surface area contributed by atoms with Crippen LogP contribution >= 0.6 is 0 Å². The van der Waals surface area contributed by atoms with Crippen molar-refractivity contribution in [2.45, 2.75) is 203 Å². The summed E-state index contributed by atoms with van der Waals surface area (Å²) in [5, 5.41) is 79.0. The van der Waals surface area contributed by atoms with Crippen LogP contribution < -0.4 is 63.5 Å². The molecule has 2 aromatic carbocycles. The van der Waals surface area contributed by atoms with Gasteiger partial charge in [0, 0.05) is 51.5 Å². The molecule has 11 amide bonds. The molecule has 1 fully saturated rings. The van der Waals surface area contributed by atoms with E-state index in [2.05, 4.69) is 52.0 Å². The largest absolute Gasteiger partial charge is 0.716 e. The molecular weight excluding hydrogens is 1400 g/mol. The van der Waals surface area contributed by atoms with E-state index < -0.39 is 272 Å². The average Bonchev–Trinajstić information content (AvgIpc) is 1.36. The Labute approximate surface area is 595 Å². The Morgan fingerprint density at radius 2 is 0.894 bits per heavy atom. The Bertz CT molecular complexity index is 3550. The van der Waals surface area contributed by atoms with Crippen LogP contribution in [0.3, 0.4) is 0 Å². The van der Waals surface area contributed by atoms with E-state index in [1.165, 1.54) is 6.92 Å². The summed E-state index contributed by atoms with van der Waals surface area (Å²) in [5.41, 5.74) is 11.5. The van der Waals surface area contributed by atoms with Crippen LogP contribution in [-0.4, -0.2) is 222 Å². The number of benzene rings is 2. The summed E-state index contributed by atoms with van der Waals surface area (Å²) in [4.78, 5) is 226. The molecule has 0 spiro atoms. The third-order valence-corrected chi connectivity index (χ3v) is 16.6. The number of primary amides is 1. The first-order valence-corrected chi connectivity index (χ1v) is 34.2. The van der Waals surface area contributed by atoms with Gasteiger partial charge in [-0.2, -0.15) is 0 Å². The molecule has 3 rings (SSSR count). The summed E-state index contributed by atoms with van der Waals surface area (Å²) in [5.74, 6) is -23.1. The summed E-state index contributed by atoms with van der Waals surface area (Å²) >= 11 is 0. The Hall–Kier alpha value is -10.9. The van der Waals surface area contributed by atoms with Crippen LogP contribution in [0.25, 0.3) is 0 Å². The topological polar surface area (TPSA) is 642 Å². The zero-order chi connectivity index (χ0) is 78.3. The molecule has 1 aliphatic rings. The van der Waals surface area contributed by atoms with Gasteiger partial charge < -0.3 is 104 Å². The van der Waals surface area contributed by atoms with E-state index in [1.54, 1.807) is 51.1 Å². The number of carboxylic acid groups (broad SMARTS) is 6. The van der Waals surface area contributed by atoms with Crippen molar-refractivity contribution in [1.82, 2.24) is 52.8 Å². The first-order valence-electron chi connectivity index (χ1n) is 32.9. The Morgan fingerprint density at radius 3 is 1.31 bits per heavy atom. The van der Waals surface area contributed by atoms with Crippen molar-refractivity contribution in [2.75, 3.05) is 6.54 Å². The van der Waals surface area contributed by atoms with Gasteiger partial charge in [0.2, 0.25) is 65.0 Å². The van der Waals surface area contributed by atoms with Gasteiger partial charge >= 0.3 is 35.8 Å². The van der Waals surface area contributed by atoms with Crippen molar-refractivity contribution in [2.24, 2.45) is 23.3 Å². The SMILES string of the molecule is CC[C@H](C)[C@H](NC(=O)[C@H](CCC(=O)O)NC(=O)[C@H](CCC(=O)O)NC(=O)[C@@H](Cc1ccccc1)NC(=O)[C@@H](N)CC(=O)O)C(=O)N1CCC[C@H]1C(=O)N[C@@H](CCC(=O)O)C(=O)N[C@@H](CCC(=O)O)C(=O)N[C@@H](Cc1ccc(OS(=O)(=O)[O-])cc1)C(=O)N[C@@H](CC(C)C)C(=O)N[C@@H](CCC(N)=O)C(=O)O. The van der Waals surface area contributed by atoms with Crippen molar-refractivity contribution in [3.8, 4) is 5.75 Å². The van der Waals surface area contributed by atoms with Crippen molar-refractivity contribution in [3.63, 3.8) is 0 Å². The molecule has 12 atom stereocenters. The molecule has 2 aromatic rings. The zero-order valence-corrected chi connectivity index (χ0v) is 58.0. The fourth-order valence-electron chi connectivity index (χ4n) is 10.6. The smallest absolute Gasteiger partial charge is 0.326 e. The average molecular weight is 1490 g/mol. The number of nitrogens with two attached hydrogens (primary N) is 2. The molecule has 1 saturated heterocycles. The zero-order valence-electron chi connectivity index (χ0n) is 57.2. The Balaban J connectivity index is 2.01. The highest BCUT2D eigenvalue weighted by molar-refractivity contribution is 7.81. The van der Waals surface area contributed by atoms with E-state index in [1.807, 2.05) is 0 Å². The second-order valence-electron chi connectivity index (χ2n) is 25.0. The number of likely N-dealkylation sites (tertiary alicyclic amines) is 1. The highest BCUT2D eigenvalue weighted by atomic mass is 32.3. The number of nitrogens with one attached hydrogen (secondary N) is 9. The highest BCUT2D eigenvalue weighted by Gasteiger charge is 2.42. The van der Waals surface area contributed by atoms with Gasteiger partial charge in [-0.05, 0) is 86.5 Å². The lowest BCUT2D eigenvalue weighted by Crippen LogP contribution is -2.61. The van der Waals surface area contributed by atoms with E-state index in [4.69, 9.17) is 11.5 Å². The maximum Gasteiger partial charge on any atom is 0.326 e. The van der Waals surface area contributed by atoms with Gasteiger partial charge in [-0.1, -0.05) is 76.6 Å². The van der Waals surface area contributed by atoms with Crippen LogP contribution in [0.2, 0.25) is 0 Å². The highest BCUT2D eigenvalue weighted by Crippen LogP contribution is 2.23. The summed E-state index contributed by atoms with van der Waals surface area (Å²) in [6.07, 6.45) is -8.84. The van der Waals surface area contributed by atoms with E-state index in [9.17, 15) is 125 Å². The Kier molecular flexibility index (Phi) is 35.7. The van der Waals surface area contributed by atoms with Crippen LogP contribution in [0.1, 0.15) is 135 Å². The molecule has 0 radical (unpaired) electrons. The quantitative estimate of drug-likeness (QED) is 0.0225. The lowest BCUT2D eigenvalue weighted by molar-refractivity contribution is -0.144. The minimum absolute atomic E-state index is 0.0945. The van der Waals surface area contributed by atoms with E-state index in [0.29, 0.717) is 5.56 Å². The molecule has 19 N–H and O–H groups in total. The lowest BCUT2D eigenvalue weighted by Gasteiger charge is -2.33. The summed E-state index contributed by atoms with van der Waals surface area (Å²) in [6, 6.07) is -6.71. The fourth-order valence-corrected chi connectivity index (χ4v) is 10.9. The number of carbonyl (C=O) groups is 17. The maximum atomic E-state index is 14.8. The van der Waals surface area contributed by atoms with Crippen molar-refractivity contribution >= 4 is 111 Å². The molecule has 39 nitrogen and oxygen atoms in total. The van der Waals surface area contributed by atoms with Crippen LogP contribution in [0.5, 0.6) is 5.75 Å². The van der Waals surface area contributed by atoms with E-state index in [-0.39, 0.29) is 44.2 Å². The third kappa shape index (κ3) is 31.6. The van der Waals surface area contributed by atoms with Crippen LogP contribution in [-0.2, 0) is 105 Å². The number of rotatable bonds is 47. The first kappa shape index (κ1) is 87.3. The molecule has 574 valence electrons. The number of hydrogen-bond donors (Lipinski definition) is 17. The molecule has 1 aliphatic heterocycles. The van der Waals surface area contributed by atoms with Crippen LogP contribution in [0.15, 0.2) is 54.6 Å². The second kappa shape index (κ2) is 42.5. The molecule has 0 aliphatic carbocycles. The Morgan fingerprint density at radius 1 is 0.510 bits per heavy atom. The maximum absolute atomic E-state index is 14.8. The second-order valence-corrected chi connectivity index (χ2v) is 26.0. The molecule has 1 heterocycles. The molecule has 0 bridgehead atoms. The van der Waals surface area contributed by atoms with Gasteiger partial charge in [-0.3, -0.25) is 76.7 Å². The summed E-state index contributed by atoms with van der Waals surface area (Å²) < 4.78 is 38.2. The standard InChI is InChI=1S/C64H90N12O27S/c1-5-33(4)53(75-58(92)41(21-26-51(84)85)68-55(89)38(18-23-48(78)79)69-60(94)44(29-34-10-7-6-8-11-34)72-54(88)37(65)31-52(86)87)63(97)76-27-9-12-46(76)62(96)70-40(20-25-50(82)83)56(90)67-39(19-24-49(80)81)57(91)74-45(30-35-13-15-36(16-14-35)103-104(100,101)102)61(95)73-43(28-32(2)3)59(93)71-42(64(98)99)17-22-47(66)77/h6-8,10-11,13-16,32-33,37-46,53H,5,9,12,17-31,65H2,1-4H3,(H2,66,77)(H,67,90)(H,68,89)(H,69,94)(H,70,96)(H,71,93)(H,72,88)(H,73,95)(H,74,91)(H,75,92)(H,78,79)(H,80,81)(H,82,83)(H,84,85)(H,86,87)(H,98,99)(H,100,101,102)/p-1/t33-,37-,38-,39-,40-,41-,42-,43-,44+,45-,46-,53-/m0/s1. The van der Waals surface area contributed by atoms with Gasteiger partial charge in [0.15, 0.2) is 0 Å². The van der Waals surface area contributed by atoms with Gasteiger partial charge in [0.1, 0.15) is 66.2 Å². The minimum atomic E-state index is -5.28. The van der Waals surface area contributed by atoms with Crippen molar-refractivity contribution in [1.29, 1.82) is 0 Å². The molecular formula is C64H89N12O27S-. The third-order valence-electron chi connectivity index (χ3n) is 16.2. The minimum Gasteiger partial charge on any atom is -0.716 e. The van der Waals surface area contributed by atoms with Crippen molar-refractivity contribution in [3.05, 3.63) is 65.7 Å². The number of carboxylic acids is 6. The number of aliphatic carboxylic acids is 6. The lowest BCUT2D eigenvalue weighted by atomic mass is 9.96. The number of carbonyl (C=O) groups excluding carboxylic acids is 11.